The van der Waals surface area contributed by atoms with Gasteiger partial charge >= 0.3 is 0 Å². The fourth-order valence-corrected chi connectivity index (χ4v) is 3.26. The molecule has 6 heteroatoms. The van der Waals surface area contributed by atoms with Crippen LogP contribution in [0.1, 0.15) is 30.0 Å². The van der Waals surface area contributed by atoms with E-state index in [0.717, 1.165) is 27.1 Å². The van der Waals surface area contributed by atoms with Gasteiger partial charge < -0.3 is 4.74 Å². The van der Waals surface area contributed by atoms with Crippen LogP contribution in [0.25, 0.3) is 0 Å². The summed E-state index contributed by atoms with van der Waals surface area (Å²) in [7, 11) is 1.63. The van der Waals surface area contributed by atoms with Crippen LogP contribution in [0.5, 0.6) is 5.75 Å². The SMILES string of the molecule is COc1ccc([C@H]2CC(c3ccc(Br)cc3)=NN2C(=O)CCCl)cc1. The molecule has 0 unspecified atom stereocenters. The van der Waals surface area contributed by atoms with Gasteiger partial charge in [-0.15, -0.1) is 11.6 Å². The molecule has 0 saturated carbocycles. The highest BCUT2D eigenvalue weighted by molar-refractivity contribution is 9.10. The summed E-state index contributed by atoms with van der Waals surface area (Å²) in [5, 5.41) is 6.17. The maximum absolute atomic E-state index is 12.5. The number of nitrogens with zero attached hydrogens (tertiary/aromatic N) is 2. The Morgan fingerprint density at radius 1 is 1.24 bits per heavy atom. The first-order chi connectivity index (χ1) is 12.1. The van der Waals surface area contributed by atoms with Gasteiger partial charge in [0.15, 0.2) is 0 Å². The first-order valence-corrected chi connectivity index (χ1v) is 9.30. The van der Waals surface area contributed by atoms with Crippen LogP contribution in [-0.2, 0) is 4.79 Å². The lowest BCUT2D eigenvalue weighted by Gasteiger charge is -2.22. The van der Waals surface area contributed by atoms with Gasteiger partial charge in [-0.05, 0) is 35.4 Å². The van der Waals surface area contributed by atoms with Crippen LogP contribution >= 0.6 is 27.5 Å². The van der Waals surface area contributed by atoms with Gasteiger partial charge in [-0.3, -0.25) is 4.79 Å². The number of carbonyl (C=O) groups is 1. The molecular formula is C19H18BrClN2O2. The topological polar surface area (TPSA) is 41.9 Å². The van der Waals surface area contributed by atoms with E-state index in [1.54, 1.807) is 12.1 Å². The van der Waals surface area contributed by atoms with Crippen LogP contribution in [0.2, 0.25) is 0 Å². The molecule has 2 aromatic rings. The maximum atomic E-state index is 12.5. The minimum absolute atomic E-state index is 0.0667. The molecule has 0 aliphatic carbocycles. The Bertz CT molecular complexity index is 775. The van der Waals surface area contributed by atoms with Gasteiger partial charge in [0.05, 0.1) is 18.9 Å². The smallest absolute Gasteiger partial charge is 0.244 e. The number of halogens is 2. The number of ether oxygens (including phenoxy) is 1. The highest BCUT2D eigenvalue weighted by Gasteiger charge is 2.32. The van der Waals surface area contributed by atoms with Crippen molar-refractivity contribution in [3.05, 3.63) is 64.1 Å². The standard InChI is InChI=1S/C19H18BrClN2O2/c1-25-16-8-4-14(5-9-16)18-12-17(13-2-6-15(20)7-3-13)22-23(18)19(24)10-11-21/h2-9,18H,10-12H2,1H3/t18-/m1/s1. The van der Waals surface area contributed by atoms with Crippen molar-refractivity contribution in [2.45, 2.75) is 18.9 Å². The van der Waals surface area contributed by atoms with Crippen LogP contribution in [0.3, 0.4) is 0 Å². The van der Waals surface area contributed by atoms with Gasteiger partial charge in [0.25, 0.3) is 0 Å². The molecule has 0 bridgehead atoms. The van der Waals surface area contributed by atoms with Gasteiger partial charge in [-0.2, -0.15) is 5.10 Å². The Labute approximate surface area is 160 Å². The Kier molecular flexibility index (Phi) is 5.76. The van der Waals surface area contributed by atoms with Crippen LogP contribution in [-0.4, -0.2) is 29.6 Å². The van der Waals surface area contributed by atoms with Crippen molar-refractivity contribution in [2.75, 3.05) is 13.0 Å². The average molecular weight is 422 g/mol. The second kappa shape index (κ2) is 8.02. The van der Waals surface area contributed by atoms with Gasteiger partial charge in [-0.1, -0.05) is 40.2 Å². The van der Waals surface area contributed by atoms with E-state index in [1.165, 1.54) is 0 Å². The molecule has 0 spiro atoms. The summed E-state index contributed by atoms with van der Waals surface area (Å²) in [6.45, 7) is 0. The fraction of sp³-hybridized carbons (Fsp3) is 0.263. The van der Waals surface area contributed by atoms with Crippen molar-refractivity contribution >= 4 is 39.1 Å². The molecule has 0 fully saturated rings. The van der Waals surface area contributed by atoms with E-state index in [2.05, 4.69) is 21.0 Å². The minimum atomic E-state index is -0.125. The van der Waals surface area contributed by atoms with Crippen LogP contribution in [0, 0.1) is 0 Å². The highest BCUT2D eigenvalue weighted by atomic mass is 79.9. The van der Waals surface area contributed by atoms with Crippen molar-refractivity contribution in [1.29, 1.82) is 0 Å². The van der Waals surface area contributed by atoms with Crippen molar-refractivity contribution in [2.24, 2.45) is 5.10 Å². The first-order valence-electron chi connectivity index (χ1n) is 7.97. The quantitative estimate of drug-likeness (QED) is 0.653. The number of alkyl halides is 1. The van der Waals surface area contributed by atoms with Crippen molar-refractivity contribution in [3.8, 4) is 5.75 Å². The second-order valence-electron chi connectivity index (χ2n) is 5.72. The molecular weight excluding hydrogens is 404 g/mol. The lowest BCUT2D eigenvalue weighted by Crippen LogP contribution is -2.27. The molecule has 0 saturated heterocycles. The molecule has 130 valence electrons. The summed E-state index contributed by atoms with van der Waals surface area (Å²) in [5.41, 5.74) is 2.94. The summed E-state index contributed by atoms with van der Waals surface area (Å²) in [5.74, 6) is 1.01. The van der Waals surface area contributed by atoms with E-state index in [4.69, 9.17) is 16.3 Å². The van der Waals surface area contributed by atoms with E-state index in [9.17, 15) is 4.79 Å². The molecule has 1 aliphatic rings. The van der Waals surface area contributed by atoms with Crippen molar-refractivity contribution < 1.29 is 9.53 Å². The Balaban J connectivity index is 1.91. The number of hydrogen-bond donors (Lipinski definition) is 0. The largest absolute Gasteiger partial charge is 0.497 e. The molecule has 25 heavy (non-hydrogen) atoms. The summed E-state index contributed by atoms with van der Waals surface area (Å²) in [6, 6.07) is 15.6. The van der Waals surface area contributed by atoms with Crippen molar-refractivity contribution in [1.82, 2.24) is 5.01 Å². The Hall–Kier alpha value is -1.85. The third kappa shape index (κ3) is 4.05. The third-order valence-electron chi connectivity index (χ3n) is 4.15. The average Bonchev–Trinajstić information content (AvgIpc) is 3.08. The van der Waals surface area contributed by atoms with Crippen LogP contribution in [0.15, 0.2) is 58.1 Å². The molecule has 0 aromatic heterocycles. The highest BCUT2D eigenvalue weighted by Crippen LogP contribution is 2.34. The van der Waals surface area contributed by atoms with Crippen LogP contribution < -0.4 is 4.74 Å². The molecule has 1 heterocycles. The number of benzene rings is 2. The lowest BCUT2D eigenvalue weighted by molar-refractivity contribution is -0.132. The lowest BCUT2D eigenvalue weighted by atomic mass is 9.98. The number of amides is 1. The summed E-state index contributed by atoms with van der Waals surface area (Å²) >= 11 is 9.20. The Morgan fingerprint density at radius 3 is 2.52 bits per heavy atom. The summed E-state index contributed by atoms with van der Waals surface area (Å²) in [6.07, 6.45) is 0.938. The zero-order valence-electron chi connectivity index (χ0n) is 13.8. The number of hydrazone groups is 1. The molecule has 3 rings (SSSR count). The van der Waals surface area contributed by atoms with E-state index in [-0.39, 0.29) is 24.2 Å². The molecule has 4 nitrogen and oxygen atoms in total. The molecule has 0 N–H and O–H groups in total. The van der Waals surface area contributed by atoms with E-state index in [1.807, 2.05) is 48.5 Å². The zero-order valence-corrected chi connectivity index (χ0v) is 16.1. The monoisotopic (exact) mass is 420 g/mol. The molecule has 1 aliphatic heterocycles. The second-order valence-corrected chi connectivity index (χ2v) is 7.02. The van der Waals surface area contributed by atoms with Gasteiger partial charge in [-0.25, -0.2) is 5.01 Å². The number of methoxy groups -OCH3 is 1. The number of hydrogen-bond acceptors (Lipinski definition) is 3. The number of carbonyl (C=O) groups excluding carboxylic acids is 1. The van der Waals surface area contributed by atoms with E-state index < -0.39 is 0 Å². The predicted molar refractivity (Wildman–Crippen MR) is 103 cm³/mol. The van der Waals surface area contributed by atoms with Crippen LogP contribution in [0.4, 0.5) is 0 Å². The number of rotatable bonds is 5. The fourth-order valence-electron chi connectivity index (χ4n) is 2.84. The normalized spacial score (nSPS) is 16.7. The first kappa shape index (κ1) is 18.0. The van der Waals surface area contributed by atoms with Gasteiger partial charge in [0, 0.05) is 23.2 Å². The maximum Gasteiger partial charge on any atom is 0.244 e. The van der Waals surface area contributed by atoms with Crippen molar-refractivity contribution in [3.63, 3.8) is 0 Å². The zero-order chi connectivity index (χ0) is 17.8. The third-order valence-corrected chi connectivity index (χ3v) is 4.87. The molecule has 1 amide bonds. The molecule has 1 atom stereocenters. The van der Waals surface area contributed by atoms with E-state index >= 15 is 0 Å². The molecule has 0 radical (unpaired) electrons. The van der Waals surface area contributed by atoms with Gasteiger partial charge in [0.1, 0.15) is 5.75 Å². The Morgan fingerprint density at radius 2 is 1.92 bits per heavy atom. The minimum Gasteiger partial charge on any atom is -0.497 e. The predicted octanol–water partition coefficient (Wildman–Crippen LogP) is 4.76. The molecule has 2 aromatic carbocycles. The van der Waals surface area contributed by atoms with E-state index in [0.29, 0.717) is 6.42 Å². The summed E-state index contributed by atoms with van der Waals surface area (Å²) in [4.78, 5) is 12.5. The van der Waals surface area contributed by atoms with Gasteiger partial charge in [0.2, 0.25) is 5.91 Å². The summed E-state index contributed by atoms with van der Waals surface area (Å²) < 4.78 is 6.23.